The van der Waals surface area contributed by atoms with Gasteiger partial charge in [-0.25, -0.2) is 0 Å². The Bertz CT molecular complexity index is 29.9. The summed E-state index contributed by atoms with van der Waals surface area (Å²) < 4.78 is 25.7. The zero-order valence-electron chi connectivity index (χ0n) is 1.97. The van der Waals surface area contributed by atoms with Crippen LogP contribution in [0.2, 0.25) is 0 Å². The first kappa shape index (κ1) is 9.25. The minimum Gasteiger partial charge on any atom is 2.00 e. The molecule has 2 radical (unpaired) electrons. The van der Waals surface area contributed by atoms with Crippen LogP contribution in [0.1, 0.15) is 0 Å². The second kappa shape index (κ2) is 4.80. The summed E-state index contributed by atoms with van der Waals surface area (Å²) in [7, 11) is 0. The molecule has 3 nitrogen and oxygen atoms in total. The normalized spacial score (nSPS) is 5.20. The van der Waals surface area contributed by atoms with Gasteiger partial charge in [-0.2, -0.15) is 0 Å². The molecule has 0 aromatic carbocycles. The summed E-state index contributed by atoms with van der Waals surface area (Å²) in [5, 5.41) is 0. The third-order valence-electron chi connectivity index (χ3n) is 0. The molecule has 0 heterocycles. The Morgan fingerprint density at radius 2 is 1.40 bits per heavy atom. The SMILES string of the molecule is O=[As]([O-])[O-].[Cu+2]. The van der Waals surface area contributed by atoms with Crippen LogP contribution in [-0.2, 0) is 20.8 Å². The van der Waals surface area contributed by atoms with Gasteiger partial charge in [0.05, 0.1) is 0 Å². The second-order valence-electron chi connectivity index (χ2n) is 0.224. The largest absolute Gasteiger partial charge is 2.00 e. The molecular weight excluding hydrogens is 186 g/mol. The van der Waals surface area contributed by atoms with Gasteiger partial charge in [-0.3, -0.25) is 0 Å². The molecule has 0 aromatic rings. The molecule has 0 fully saturated rings. The molecule has 0 aliphatic heterocycles. The van der Waals surface area contributed by atoms with Gasteiger partial charge in [-0.15, -0.1) is 0 Å². The molecule has 0 aromatic heterocycles. The van der Waals surface area contributed by atoms with Crippen molar-refractivity contribution < 1.29 is 29.0 Å². The van der Waals surface area contributed by atoms with E-state index in [2.05, 4.69) is 0 Å². The zero-order valence-corrected chi connectivity index (χ0v) is 4.79. The fraction of sp³-hybridized carbons (Fsp3) is 0. The van der Waals surface area contributed by atoms with Gasteiger partial charge in [0, 0.05) is 0 Å². The molecule has 0 N–H and O–H groups in total. The van der Waals surface area contributed by atoms with Crippen LogP contribution >= 0.6 is 0 Å². The molecule has 0 aliphatic carbocycles. The van der Waals surface area contributed by atoms with E-state index in [0.717, 1.165) is 0 Å². The fourth-order valence-electron chi connectivity index (χ4n) is 0. The first-order valence-electron chi connectivity index (χ1n) is 0.548. The van der Waals surface area contributed by atoms with Crippen LogP contribution in [-0.4, -0.2) is 15.3 Å². The monoisotopic (exact) mass is 186 g/mol. The van der Waals surface area contributed by atoms with E-state index in [0.29, 0.717) is 0 Å². The summed E-state index contributed by atoms with van der Waals surface area (Å²) in [6, 6.07) is 0. The van der Waals surface area contributed by atoms with E-state index in [1.165, 1.54) is 0 Å². The minimum absolute atomic E-state index is 0. The molecule has 0 rings (SSSR count). The third-order valence-corrected chi connectivity index (χ3v) is 0. The van der Waals surface area contributed by atoms with Gasteiger partial charge < -0.3 is 0 Å². The number of hydrogen-bond donors (Lipinski definition) is 0. The standard InChI is InChI=1S/AsO3.Cu/c2-1(3)4;/q-2;+2. The molecule has 0 atom stereocenters. The van der Waals surface area contributed by atoms with Gasteiger partial charge in [0.25, 0.3) is 0 Å². The second-order valence-corrected chi connectivity index (χ2v) is 1.16. The van der Waals surface area contributed by atoms with Crippen molar-refractivity contribution >= 4 is 15.3 Å². The van der Waals surface area contributed by atoms with Gasteiger partial charge in [0.2, 0.25) is 0 Å². The molecule has 0 bridgehead atoms. The first-order chi connectivity index (χ1) is 1.73. The van der Waals surface area contributed by atoms with Crippen LogP contribution in [0.25, 0.3) is 0 Å². The van der Waals surface area contributed by atoms with Gasteiger partial charge in [0.15, 0.2) is 0 Å². The maximum absolute atomic E-state index is 8.56. The Labute approximate surface area is 44.7 Å². The van der Waals surface area contributed by atoms with E-state index in [9.17, 15) is 0 Å². The average molecular weight is 186 g/mol. The molecule has 5 heavy (non-hydrogen) atoms. The maximum atomic E-state index is 8.56. The predicted molar refractivity (Wildman–Crippen MR) is 6.44 cm³/mol. The van der Waals surface area contributed by atoms with Gasteiger partial charge >= 0.3 is 44.3 Å². The van der Waals surface area contributed by atoms with Crippen molar-refractivity contribution in [3.05, 3.63) is 0 Å². The zero-order chi connectivity index (χ0) is 3.58. The summed E-state index contributed by atoms with van der Waals surface area (Å²) in [6.45, 7) is 0. The van der Waals surface area contributed by atoms with Crippen LogP contribution in [0.15, 0.2) is 0 Å². The molecule has 0 spiro atoms. The van der Waals surface area contributed by atoms with Crippen molar-refractivity contribution in [3.63, 3.8) is 0 Å². The number of rotatable bonds is 0. The fourth-order valence-corrected chi connectivity index (χ4v) is 0. The van der Waals surface area contributed by atoms with E-state index in [1.54, 1.807) is 0 Å². The van der Waals surface area contributed by atoms with Crippen LogP contribution in [0.4, 0.5) is 0 Å². The number of hydrogen-bond acceptors (Lipinski definition) is 3. The van der Waals surface area contributed by atoms with Gasteiger partial charge in [-0.05, 0) is 0 Å². The molecule has 34 valence electrons. The van der Waals surface area contributed by atoms with Crippen molar-refractivity contribution in [2.45, 2.75) is 0 Å². The molecule has 0 saturated carbocycles. The van der Waals surface area contributed by atoms with E-state index >= 15 is 0 Å². The van der Waals surface area contributed by atoms with Crippen LogP contribution < -0.4 is 8.19 Å². The summed E-state index contributed by atoms with van der Waals surface area (Å²) in [5.41, 5.74) is 0. The van der Waals surface area contributed by atoms with Crippen molar-refractivity contribution in [1.82, 2.24) is 0 Å². The Hall–Kier alpha value is 0.798. The Balaban J connectivity index is 0. The summed E-state index contributed by atoms with van der Waals surface area (Å²) in [6.07, 6.45) is 0. The molecule has 0 amide bonds. The molecule has 0 unspecified atom stereocenters. The van der Waals surface area contributed by atoms with Crippen LogP contribution in [0.5, 0.6) is 0 Å². The Morgan fingerprint density at radius 3 is 1.40 bits per heavy atom. The van der Waals surface area contributed by atoms with E-state index in [4.69, 9.17) is 11.9 Å². The predicted octanol–water partition coefficient (Wildman–Crippen LogP) is -2.88. The summed E-state index contributed by atoms with van der Waals surface area (Å²) in [5.74, 6) is 0. The smallest absolute Gasteiger partial charge is 2.00 e. The molecule has 0 aliphatic rings. The molecule has 5 heteroatoms. The van der Waals surface area contributed by atoms with Crippen LogP contribution in [0, 0.1) is 0 Å². The summed E-state index contributed by atoms with van der Waals surface area (Å²) >= 11 is -3.94. The van der Waals surface area contributed by atoms with Crippen molar-refractivity contribution in [1.29, 1.82) is 0 Å². The van der Waals surface area contributed by atoms with Gasteiger partial charge in [-0.1, -0.05) is 0 Å². The first-order valence-corrected chi connectivity index (χ1v) is 2.85. The van der Waals surface area contributed by atoms with Crippen molar-refractivity contribution in [3.8, 4) is 0 Å². The molecular formula is AsCuO3. The Morgan fingerprint density at radius 1 is 1.40 bits per heavy atom. The van der Waals surface area contributed by atoms with Crippen molar-refractivity contribution in [2.75, 3.05) is 0 Å². The Kier molecular flexibility index (Phi) is 8.88. The topological polar surface area (TPSA) is 63.2 Å². The quantitative estimate of drug-likeness (QED) is 0.382. The van der Waals surface area contributed by atoms with E-state index < -0.39 is 15.3 Å². The minimum atomic E-state index is -3.94. The van der Waals surface area contributed by atoms with Gasteiger partial charge in [0.1, 0.15) is 0 Å². The van der Waals surface area contributed by atoms with Crippen LogP contribution in [0.3, 0.4) is 0 Å². The maximum Gasteiger partial charge on any atom is 2.00 e. The summed E-state index contributed by atoms with van der Waals surface area (Å²) in [4.78, 5) is 0. The average Bonchev–Trinajstić information content (AvgIpc) is 0.811. The van der Waals surface area contributed by atoms with E-state index in [-0.39, 0.29) is 17.1 Å². The molecule has 0 saturated heterocycles. The van der Waals surface area contributed by atoms with E-state index in [1.807, 2.05) is 0 Å². The third kappa shape index (κ3) is 59.0. The van der Waals surface area contributed by atoms with Crippen molar-refractivity contribution in [2.24, 2.45) is 0 Å².